The van der Waals surface area contributed by atoms with Crippen LogP contribution in [0.15, 0.2) is 12.4 Å². The largest absolute Gasteiger partial charge is 0.385 e. The van der Waals surface area contributed by atoms with Gasteiger partial charge in [-0.15, -0.1) is 0 Å². The third kappa shape index (κ3) is 5.14. The van der Waals surface area contributed by atoms with E-state index >= 15 is 0 Å². The Labute approximate surface area is 107 Å². The summed E-state index contributed by atoms with van der Waals surface area (Å²) in [7, 11) is 1.70. The summed E-state index contributed by atoms with van der Waals surface area (Å²) in [5.74, 6) is 0.911. The minimum absolute atomic E-state index is 0.132. The normalized spacial score (nSPS) is 12.1. The van der Waals surface area contributed by atoms with Crippen molar-refractivity contribution >= 4 is 17.3 Å². The Bertz CT molecular complexity index is 315. The first-order valence-corrected chi connectivity index (χ1v) is 6.21. The lowest BCUT2D eigenvalue weighted by Gasteiger charge is -2.17. The maximum atomic E-state index is 5.22. The monoisotopic (exact) mass is 256 g/mol. The molecule has 0 aromatic carbocycles. The van der Waals surface area contributed by atoms with Crippen molar-refractivity contribution in [1.82, 2.24) is 20.6 Å². The van der Waals surface area contributed by atoms with E-state index in [2.05, 4.69) is 27.5 Å². The second-order valence-electron chi connectivity index (χ2n) is 3.68. The van der Waals surface area contributed by atoms with Crippen LogP contribution in [-0.4, -0.2) is 35.3 Å². The van der Waals surface area contributed by atoms with Crippen molar-refractivity contribution in [2.45, 2.75) is 25.8 Å². The predicted octanol–water partition coefficient (Wildman–Crippen LogP) is 1.36. The molecule has 0 aliphatic carbocycles. The molecule has 0 radical (unpaired) electrons. The topological polar surface area (TPSA) is 62.0 Å². The Kier molecular flexibility index (Phi) is 6.57. The van der Waals surface area contributed by atoms with Gasteiger partial charge in [0.1, 0.15) is 5.82 Å². The quantitative estimate of drug-likeness (QED) is 0.508. The zero-order valence-corrected chi connectivity index (χ0v) is 11.1. The summed E-state index contributed by atoms with van der Waals surface area (Å²) in [6.45, 7) is 3.65. The molecule has 0 saturated heterocycles. The zero-order chi connectivity index (χ0) is 12.5. The van der Waals surface area contributed by atoms with Crippen LogP contribution in [0, 0.1) is 0 Å². The Morgan fingerprint density at radius 3 is 3.06 bits per heavy atom. The second-order valence-corrected chi connectivity index (χ2v) is 4.09. The van der Waals surface area contributed by atoms with Gasteiger partial charge in [0, 0.05) is 32.7 Å². The second kappa shape index (κ2) is 8.03. The number of aromatic amines is 1. The Balaban J connectivity index is 2.28. The van der Waals surface area contributed by atoms with Crippen LogP contribution in [-0.2, 0) is 4.74 Å². The van der Waals surface area contributed by atoms with Crippen LogP contribution in [0.4, 0.5) is 0 Å². The standard InChI is InChI=1S/C11H20N4OS/c1-3-9(10-12-6-7-13-10)15-11(17)14-5-4-8-16-2/h6-7,9H,3-5,8H2,1-2H3,(H,12,13)(H2,14,15,17). The highest BCUT2D eigenvalue weighted by molar-refractivity contribution is 7.80. The number of methoxy groups -OCH3 is 1. The molecule has 0 aliphatic heterocycles. The summed E-state index contributed by atoms with van der Waals surface area (Å²) in [4.78, 5) is 7.31. The molecule has 1 atom stereocenters. The molecular weight excluding hydrogens is 236 g/mol. The number of hydrogen-bond donors (Lipinski definition) is 3. The van der Waals surface area contributed by atoms with E-state index in [9.17, 15) is 0 Å². The zero-order valence-electron chi connectivity index (χ0n) is 10.3. The Hall–Kier alpha value is -1.14. The molecule has 6 heteroatoms. The van der Waals surface area contributed by atoms with Crippen LogP contribution < -0.4 is 10.6 Å². The molecule has 5 nitrogen and oxygen atoms in total. The van der Waals surface area contributed by atoms with Crippen LogP contribution in [0.5, 0.6) is 0 Å². The third-order valence-corrected chi connectivity index (χ3v) is 2.64. The summed E-state index contributed by atoms with van der Waals surface area (Å²) in [6, 6.07) is 0.132. The molecule has 3 N–H and O–H groups in total. The number of H-pyrrole nitrogens is 1. The van der Waals surface area contributed by atoms with Crippen molar-refractivity contribution in [2.24, 2.45) is 0 Å². The number of thiocarbonyl (C=S) groups is 1. The molecule has 0 aliphatic rings. The van der Waals surface area contributed by atoms with E-state index < -0.39 is 0 Å². The van der Waals surface area contributed by atoms with E-state index in [-0.39, 0.29) is 6.04 Å². The van der Waals surface area contributed by atoms with Crippen molar-refractivity contribution in [3.8, 4) is 0 Å². The van der Waals surface area contributed by atoms with E-state index in [1.807, 2.05) is 6.20 Å². The van der Waals surface area contributed by atoms with Gasteiger partial charge in [-0.2, -0.15) is 0 Å². The van der Waals surface area contributed by atoms with Crippen molar-refractivity contribution in [3.05, 3.63) is 18.2 Å². The molecule has 1 aromatic heterocycles. The van der Waals surface area contributed by atoms with Crippen LogP contribution in [0.25, 0.3) is 0 Å². The van der Waals surface area contributed by atoms with Gasteiger partial charge in [0.05, 0.1) is 6.04 Å². The number of rotatable bonds is 7. The molecule has 96 valence electrons. The van der Waals surface area contributed by atoms with Gasteiger partial charge >= 0.3 is 0 Å². The van der Waals surface area contributed by atoms with Crippen molar-refractivity contribution in [2.75, 3.05) is 20.3 Å². The van der Waals surface area contributed by atoms with Crippen molar-refractivity contribution in [3.63, 3.8) is 0 Å². The van der Waals surface area contributed by atoms with E-state index in [1.165, 1.54) is 0 Å². The van der Waals surface area contributed by atoms with E-state index in [4.69, 9.17) is 17.0 Å². The van der Waals surface area contributed by atoms with E-state index in [1.54, 1.807) is 13.3 Å². The summed E-state index contributed by atoms with van der Waals surface area (Å²) in [6.07, 6.45) is 5.42. The minimum Gasteiger partial charge on any atom is -0.385 e. The van der Waals surface area contributed by atoms with Gasteiger partial charge in [0.2, 0.25) is 0 Å². The van der Waals surface area contributed by atoms with Gasteiger partial charge < -0.3 is 20.4 Å². The molecule has 1 rings (SSSR count). The lowest BCUT2D eigenvalue weighted by Crippen LogP contribution is -2.38. The van der Waals surface area contributed by atoms with Crippen molar-refractivity contribution in [1.29, 1.82) is 0 Å². The van der Waals surface area contributed by atoms with Gasteiger partial charge in [-0.25, -0.2) is 4.98 Å². The lowest BCUT2D eigenvalue weighted by molar-refractivity contribution is 0.195. The number of imidazole rings is 1. The average molecular weight is 256 g/mol. The van der Waals surface area contributed by atoms with Gasteiger partial charge in [0.15, 0.2) is 5.11 Å². The molecular formula is C11H20N4OS. The van der Waals surface area contributed by atoms with Crippen LogP contribution in [0.2, 0.25) is 0 Å². The summed E-state index contributed by atoms with van der Waals surface area (Å²) in [5.41, 5.74) is 0. The first-order chi connectivity index (χ1) is 8.27. The maximum absolute atomic E-state index is 5.22. The summed E-state index contributed by atoms with van der Waals surface area (Å²) >= 11 is 5.22. The molecule has 0 fully saturated rings. The molecule has 0 bridgehead atoms. The fourth-order valence-corrected chi connectivity index (χ4v) is 1.70. The van der Waals surface area contributed by atoms with Crippen molar-refractivity contribution < 1.29 is 4.74 Å². The van der Waals surface area contributed by atoms with Gasteiger partial charge in [0.25, 0.3) is 0 Å². The lowest BCUT2D eigenvalue weighted by atomic mass is 10.2. The molecule has 1 unspecified atom stereocenters. The fraction of sp³-hybridized carbons (Fsp3) is 0.636. The van der Waals surface area contributed by atoms with Crippen LogP contribution in [0.1, 0.15) is 31.6 Å². The van der Waals surface area contributed by atoms with Gasteiger partial charge in [-0.05, 0) is 25.1 Å². The molecule has 17 heavy (non-hydrogen) atoms. The minimum atomic E-state index is 0.132. The molecule has 0 spiro atoms. The van der Waals surface area contributed by atoms with Crippen LogP contribution >= 0.6 is 12.2 Å². The first kappa shape index (κ1) is 13.9. The number of nitrogens with zero attached hydrogens (tertiary/aromatic N) is 1. The number of nitrogens with one attached hydrogen (secondary N) is 3. The summed E-state index contributed by atoms with van der Waals surface area (Å²) < 4.78 is 4.97. The number of ether oxygens (including phenoxy) is 1. The SMILES string of the molecule is CCC(NC(=S)NCCCOC)c1ncc[nH]1. The molecule has 1 heterocycles. The highest BCUT2D eigenvalue weighted by Gasteiger charge is 2.11. The Morgan fingerprint density at radius 2 is 2.47 bits per heavy atom. The van der Waals surface area contributed by atoms with E-state index in [0.29, 0.717) is 5.11 Å². The first-order valence-electron chi connectivity index (χ1n) is 5.80. The predicted molar refractivity (Wildman–Crippen MR) is 71.8 cm³/mol. The highest BCUT2D eigenvalue weighted by atomic mass is 32.1. The van der Waals surface area contributed by atoms with Gasteiger partial charge in [-0.1, -0.05) is 6.92 Å². The molecule has 1 aromatic rings. The molecule has 0 saturated carbocycles. The average Bonchev–Trinajstić information content (AvgIpc) is 2.85. The smallest absolute Gasteiger partial charge is 0.166 e. The number of aromatic nitrogens is 2. The maximum Gasteiger partial charge on any atom is 0.166 e. The van der Waals surface area contributed by atoms with Gasteiger partial charge in [-0.3, -0.25) is 0 Å². The number of hydrogen-bond acceptors (Lipinski definition) is 3. The Morgan fingerprint density at radius 1 is 1.65 bits per heavy atom. The highest BCUT2D eigenvalue weighted by Crippen LogP contribution is 2.10. The molecule has 0 amide bonds. The third-order valence-electron chi connectivity index (χ3n) is 2.37. The fourth-order valence-electron chi connectivity index (χ4n) is 1.46. The summed E-state index contributed by atoms with van der Waals surface area (Å²) in [5, 5.41) is 7.03. The van der Waals surface area contributed by atoms with Crippen LogP contribution in [0.3, 0.4) is 0 Å². The van der Waals surface area contributed by atoms with E-state index in [0.717, 1.165) is 31.8 Å².